The number of rotatable bonds is 3. The highest BCUT2D eigenvalue weighted by molar-refractivity contribution is 5.95. The first-order valence-corrected chi connectivity index (χ1v) is 7.48. The van der Waals surface area contributed by atoms with E-state index in [4.69, 9.17) is 0 Å². The first kappa shape index (κ1) is 12.3. The quantitative estimate of drug-likeness (QED) is 0.602. The van der Waals surface area contributed by atoms with E-state index < -0.39 is 0 Å². The molecule has 1 heterocycles. The van der Waals surface area contributed by atoms with Gasteiger partial charge in [-0.15, -0.1) is 0 Å². The molecule has 0 aliphatic heterocycles. The summed E-state index contributed by atoms with van der Waals surface area (Å²) in [6, 6.07) is 19.2. The van der Waals surface area contributed by atoms with Gasteiger partial charge in [-0.2, -0.15) is 0 Å². The molecule has 102 valence electrons. The second-order valence-electron chi connectivity index (χ2n) is 5.65. The Labute approximate surface area is 125 Å². The fourth-order valence-corrected chi connectivity index (χ4v) is 3.14. The fourth-order valence-electron chi connectivity index (χ4n) is 3.14. The van der Waals surface area contributed by atoms with Crippen molar-refractivity contribution < 1.29 is 0 Å². The van der Waals surface area contributed by atoms with Crippen LogP contribution < -0.4 is 0 Å². The van der Waals surface area contributed by atoms with Crippen molar-refractivity contribution in [2.45, 2.75) is 18.8 Å². The monoisotopic (exact) mass is 271 g/mol. The molecule has 1 aliphatic carbocycles. The zero-order valence-corrected chi connectivity index (χ0v) is 12.1. The summed E-state index contributed by atoms with van der Waals surface area (Å²) >= 11 is 0. The van der Waals surface area contributed by atoms with Gasteiger partial charge in [0.25, 0.3) is 0 Å². The molecule has 0 saturated heterocycles. The summed E-state index contributed by atoms with van der Waals surface area (Å²) in [7, 11) is 0. The van der Waals surface area contributed by atoms with Gasteiger partial charge >= 0.3 is 0 Å². The number of pyridine rings is 1. The first-order valence-electron chi connectivity index (χ1n) is 7.48. The molecule has 1 aliphatic rings. The van der Waals surface area contributed by atoms with Gasteiger partial charge in [-0.05, 0) is 23.4 Å². The lowest BCUT2D eigenvalue weighted by atomic mass is 9.85. The van der Waals surface area contributed by atoms with E-state index in [1.807, 2.05) is 6.20 Å². The average molecular weight is 271 g/mol. The number of aromatic nitrogens is 1. The van der Waals surface area contributed by atoms with E-state index in [1.54, 1.807) is 0 Å². The number of benzene rings is 2. The predicted molar refractivity (Wildman–Crippen MR) is 88.3 cm³/mol. The van der Waals surface area contributed by atoms with Crippen LogP contribution in [0.1, 0.15) is 18.9 Å². The van der Waals surface area contributed by atoms with E-state index in [0.29, 0.717) is 0 Å². The molecule has 1 heteroatoms. The number of hydrogen-bond acceptors (Lipinski definition) is 1. The molecule has 0 amide bonds. The van der Waals surface area contributed by atoms with Crippen LogP contribution in [0.3, 0.4) is 0 Å². The second kappa shape index (κ2) is 4.56. The van der Waals surface area contributed by atoms with E-state index >= 15 is 0 Å². The zero-order chi connectivity index (χ0) is 14.3. The van der Waals surface area contributed by atoms with Crippen molar-refractivity contribution in [2.75, 3.05) is 0 Å². The first-order chi connectivity index (χ1) is 10.3. The Bertz CT molecular complexity index is 834. The third kappa shape index (κ3) is 1.89. The van der Waals surface area contributed by atoms with E-state index in [9.17, 15) is 0 Å². The summed E-state index contributed by atoms with van der Waals surface area (Å²) < 4.78 is 0. The molecule has 21 heavy (non-hydrogen) atoms. The fraction of sp³-hybridized carbons (Fsp3) is 0.150. The number of allylic oxidation sites excluding steroid dienone is 2. The number of nitrogens with zero attached hydrogens (tertiary/aromatic N) is 1. The summed E-state index contributed by atoms with van der Waals surface area (Å²) in [5.74, 6) is 0. The molecular formula is C20H17N. The molecular weight excluding hydrogens is 254 g/mol. The molecule has 1 nitrogen and oxygen atoms in total. The third-order valence-electron chi connectivity index (χ3n) is 4.51. The highest BCUT2D eigenvalue weighted by Gasteiger charge is 2.36. The lowest BCUT2D eigenvalue weighted by Gasteiger charge is -2.19. The maximum Gasteiger partial charge on any atom is 0.0783 e. The van der Waals surface area contributed by atoms with Crippen molar-refractivity contribution in [3.63, 3.8) is 0 Å². The Morgan fingerprint density at radius 1 is 0.905 bits per heavy atom. The maximum absolute atomic E-state index is 4.69. The van der Waals surface area contributed by atoms with Gasteiger partial charge in [0.1, 0.15) is 0 Å². The largest absolute Gasteiger partial charge is 0.256 e. The molecule has 0 saturated carbocycles. The van der Waals surface area contributed by atoms with Crippen LogP contribution in [0.2, 0.25) is 0 Å². The minimum atomic E-state index is 0.148. The number of hydrogen-bond donors (Lipinski definition) is 0. The Hall–Kier alpha value is -2.41. The minimum absolute atomic E-state index is 0.148. The highest BCUT2D eigenvalue weighted by Crippen LogP contribution is 2.46. The predicted octanol–water partition coefficient (Wildman–Crippen LogP) is 5.12. The molecule has 0 radical (unpaired) electrons. The average Bonchev–Trinajstić information content (AvgIpc) is 3.35. The van der Waals surface area contributed by atoms with Crippen LogP contribution in [-0.4, -0.2) is 4.98 Å². The van der Waals surface area contributed by atoms with Gasteiger partial charge in [0, 0.05) is 22.6 Å². The van der Waals surface area contributed by atoms with Crippen LogP contribution in [0.4, 0.5) is 0 Å². The van der Waals surface area contributed by atoms with Gasteiger partial charge in [-0.3, -0.25) is 4.98 Å². The summed E-state index contributed by atoms with van der Waals surface area (Å²) in [5.41, 5.74) is 3.86. The molecule has 0 bridgehead atoms. The maximum atomic E-state index is 4.69. The molecule has 2 aromatic carbocycles. The molecule has 3 aromatic rings. The molecule has 1 aromatic heterocycles. The molecule has 0 N–H and O–H groups in total. The van der Waals surface area contributed by atoms with Gasteiger partial charge in [0.2, 0.25) is 0 Å². The Kier molecular flexibility index (Phi) is 2.68. The van der Waals surface area contributed by atoms with Gasteiger partial charge in [-0.25, -0.2) is 0 Å². The number of fused-ring (bicyclic) bond motifs is 1. The molecule has 0 fully saturated rings. The smallest absolute Gasteiger partial charge is 0.0783 e. The van der Waals surface area contributed by atoms with Gasteiger partial charge in [0.15, 0.2) is 0 Å². The van der Waals surface area contributed by atoms with Crippen molar-refractivity contribution in [3.8, 4) is 11.3 Å². The Balaban J connectivity index is 1.98. The van der Waals surface area contributed by atoms with Gasteiger partial charge in [-0.1, -0.05) is 67.6 Å². The van der Waals surface area contributed by atoms with Crippen LogP contribution in [0.25, 0.3) is 22.0 Å². The SMILES string of the molecule is CCC1(c2ccccc2-c2nccc3ccccc23)C=C1. The third-order valence-corrected chi connectivity index (χ3v) is 4.51. The normalized spacial score (nSPS) is 15.3. The van der Waals surface area contributed by atoms with E-state index in [2.05, 4.69) is 78.7 Å². The highest BCUT2D eigenvalue weighted by atomic mass is 14.7. The minimum Gasteiger partial charge on any atom is -0.256 e. The van der Waals surface area contributed by atoms with Crippen LogP contribution in [0.5, 0.6) is 0 Å². The van der Waals surface area contributed by atoms with Crippen LogP contribution in [0, 0.1) is 0 Å². The Morgan fingerprint density at radius 2 is 1.67 bits per heavy atom. The summed E-state index contributed by atoms with van der Waals surface area (Å²) in [4.78, 5) is 4.69. The van der Waals surface area contributed by atoms with E-state index in [1.165, 1.54) is 21.9 Å². The van der Waals surface area contributed by atoms with E-state index in [-0.39, 0.29) is 5.41 Å². The van der Waals surface area contributed by atoms with Gasteiger partial charge < -0.3 is 0 Å². The van der Waals surface area contributed by atoms with E-state index in [0.717, 1.165) is 12.1 Å². The van der Waals surface area contributed by atoms with Crippen molar-refractivity contribution in [3.05, 3.63) is 78.5 Å². The summed E-state index contributed by atoms with van der Waals surface area (Å²) in [5, 5.41) is 2.46. The second-order valence-corrected chi connectivity index (χ2v) is 5.65. The zero-order valence-electron chi connectivity index (χ0n) is 12.1. The summed E-state index contributed by atoms with van der Waals surface area (Å²) in [6.07, 6.45) is 7.62. The van der Waals surface area contributed by atoms with Gasteiger partial charge in [0.05, 0.1) is 5.69 Å². The van der Waals surface area contributed by atoms with Crippen LogP contribution >= 0.6 is 0 Å². The van der Waals surface area contributed by atoms with Crippen LogP contribution in [0.15, 0.2) is 72.9 Å². The molecule has 0 spiro atoms. The Morgan fingerprint density at radius 3 is 2.48 bits per heavy atom. The molecule has 0 atom stereocenters. The van der Waals surface area contributed by atoms with Crippen LogP contribution in [-0.2, 0) is 5.41 Å². The van der Waals surface area contributed by atoms with Crippen molar-refractivity contribution in [1.29, 1.82) is 0 Å². The lowest BCUT2D eigenvalue weighted by molar-refractivity contribution is 0.729. The van der Waals surface area contributed by atoms with Crippen molar-refractivity contribution >= 4 is 10.8 Å². The molecule has 0 unspecified atom stereocenters. The van der Waals surface area contributed by atoms with Crippen molar-refractivity contribution in [2.24, 2.45) is 0 Å². The lowest BCUT2D eigenvalue weighted by Crippen LogP contribution is -2.09. The van der Waals surface area contributed by atoms with Crippen molar-refractivity contribution in [1.82, 2.24) is 4.98 Å². The summed E-state index contributed by atoms with van der Waals surface area (Å²) in [6.45, 7) is 2.24. The molecule has 4 rings (SSSR count). The standard InChI is InChI=1S/C20H17N/c1-2-20(12-13-20)18-10-6-5-9-17(18)19-16-8-4-3-7-15(16)11-14-21-19/h3-14H,2H2,1H3. The topological polar surface area (TPSA) is 12.9 Å².